The molecule has 0 heterocycles. The van der Waals surface area contributed by atoms with Crippen LogP contribution in [0.15, 0.2) is 0 Å². The van der Waals surface area contributed by atoms with Crippen LogP contribution >= 0.6 is 0 Å². The quantitative estimate of drug-likeness (QED) is 0.768. The smallest absolute Gasteiger partial charge is 0.212 e. The van der Waals surface area contributed by atoms with E-state index in [9.17, 15) is 8.42 Å². The Hall–Kier alpha value is -0.130. The fourth-order valence-corrected chi connectivity index (χ4v) is 3.86. The van der Waals surface area contributed by atoms with Gasteiger partial charge < -0.3 is 5.73 Å². The minimum atomic E-state index is -3.10. The summed E-state index contributed by atoms with van der Waals surface area (Å²) in [6, 6.07) is 0.365. The van der Waals surface area contributed by atoms with Gasteiger partial charge in [-0.15, -0.1) is 0 Å². The van der Waals surface area contributed by atoms with Crippen LogP contribution in [0.4, 0.5) is 0 Å². The summed E-state index contributed by atoms with van der Waals surface area (Å²) in [5.41, 5.74) is 5.79. The average Bonchev–Trinajstić information content (AvgIpc) is 2.20. The van der Waals surface area contributed by atoms with Gasteiger partial charge in [-0.1, -0.05) is 20.3 Å². The van der Waals surface area contributed by atoms with Crippen LogP contribution in [0.3, 0.4) is 0 Å². The van der Waals surface area contributed by atoms with Crippen molar-refractivity contribution in [1.29, 1.82) is 0 Å². The van der Waals surface area contributed by atoms with E-state index >= 15 is 0 Å². The predicted octanol–water partition coefficient (Wildman–Crippen LogP) is 1.22. The summed E-state index contributed by atoms with van der Waals surface area (Å²) in [5.74, 6) is 0.467. The van der Waals surface area contributed by atoms with Gasteiger partial charge in [0.05, 0.1) is 5.75 Å². The Bertz CT molecular complexity index is 295. The highest BCUT2D eigenvalue weighted by Crippen LogP contribution is 2.18. The van der Waals surface area contributed by atoms with E-state index in [1.807, 2.05) is 13.8 Å². The van der Waals surface area contributed by atoms with Gasteiger partial charge in [0.25, 0.3) is 0 Å². The summed E-state index contributed by atoms with van der Waals surface area (Å²) in [7, 11) is -3.10. The number of nitrogens with two attached hydrogens (primary N) is 1. The first-order valence-electron chi connectivity index (χ1n) is 6.18. The van der Waals surface area contributed by atoms with Crippen molar-refractivity contribution in [3.05, 3.63) is 0 Å². The van der Waals surface area contributed by atoms with Gasteiger partial charge in [-0.05, 0) is 31.6 Å². The third-order valence-electron chi connectivity index (χ3n) is 3.32. The second kappa shape index (κ2) is 5.98. The zero-order chi connectivity index (χ0) is 12.2. The van der Waals surface area contributed by atoms with Crippen molar-refractivity contribution in [1.82, 2.24) is 4.72 Å². The van der Waals surface area contributed by atoms with Gasteiger partial charge in [0, 0.05) is 12.1 Å². The minimum Gasteiger partial charge on any atom is -0.328 e. The lowest BCUT2D eigenvalue weighted by Gasteiger charge is -2.27. The van der Waals surface area contributed by atoms with Crippen LogP contribution in [-0.2, 0) is 10.0 Å². The van der Waals surface area contributed by atoms with Gasteiger partial charge in [-0.25, -0.2) is 13.1 Å². The van der Waals surface area contributed by atoms with E-state index < -0.39 is 10.0 Å². The lowest BCUT2D eigenvalue weighted by atomic mass is 9.93. The van der Waals surface area contributed by atoms with Crippen LogP contribution in [0.5, 0.6) is 0 Å². The zero-order valence-corrected chi connectivity index (χ0v) is 11.1. The standard InChI is InChI=1S/C11H24N2O2S/c1-3-9(2)8-16(14,15)13-11-6-4-10(12)5-7-11/h9-11,13H,3-8,12H2,1-2H3. The van der Waals surface area contributed by atoms with Crippen molar-refractivity contribution >= 4 is 10.0 Å². The number of hydrogen-bond donors (Lipinski definition) is 2. The lowest BCUT2D eigenvalue weighted by molar-refractivity contribution is 0.372. The van der Waals surface area contributed by atoms with Gasteiger partial charge in [-0.3, -0.25) is 0 Å². The molecular weight excluding hydrogens is 224 g/mol. The second-order valence-electron chi connectivity index (χ2n) is 5.02. The monoisotopic (exact) mass is 248 g/mol. The SMILES string of the molecule is CCC(C)CS(=O)(=O)NC1CCC(N)CC1. The van der Waals surface area contributed by atoms with Crippen LogP contribution in [0.1, 0.15) is 46.0 Å². The Morgan fingerprint density at radius 3 is 2.38 bits per heavy atom. The maximum Gasteiger partial charge on any atom is 0.212 e. The summed E-state index contributed by atoms with van der Waals surface area (Å²) >= 11 is 0. The maximum absolute atomic E-state index is 11.8. The first-order chi connectivity index (χ1) is 7.43. The Morgan fingerprint density at radius 2 is 1.88 bits per heavy atom. The highest BCUT2D eigenvalue weighted by Gasteiger charge is 2.23. The number of sulfonamides is 1. The Kier molecular flexibility index (Phi) is 5.21. The summed E-state index contributed by atoms with van der Waals surface area (Å²) in [4.78, 5) is 0. The predicted molar refractivity (Wildman–Crippen MR) is 66.6 cm³/mol. The average molecular weight is 248 g/mol. The van der Waals surface area contributed by atoms with E-state index in [0.717, 1.165) is 32.1 Å². The molecule has 96 valence electrons. The molecule has 0 saturated heterocycles. The maximum atomic E-state index is 11.8. The van der Waals surface area contributed by atoms with Crippen molar-refractivity contribution in [3.63, 3.8) is 0 Å². The third-order valence-corrected chi connectivity index (χ3v) is 5.02. The van der Waals surface area contributed by atoms with Crippen molar-refractivity contribution in [2.75, 3.05) is 5.75 Å². The molecule has 1 saturated carbocycles. The molecule has 3 N–H and O–H groups in total. The molecule has 0 bridgehead atoms. The highest BCUT2D eigenvalue weighted by atomic mass is 32.2. The van der Waals surface area contributed by atoms with Gasteiger partial charge in [-0.2, -0.15) is 0 Å². The Labute approximate surface area is 99.0 Å². The summed E-state index contributed by atoms with van der Waals surface area (Å²) < 4.78 is 26.4. The van der Waals surface area contributed by atoms with E-state index in [1.54, 1.807) is 0 Å². The van der Waals surface area contributed by atoms with Crippen molar-refractivity contribution in [2.45, 2.75) is 58.0 Å². The normalized spacial score (nSPS) is 28.9. The van der Waals surface area contributed by atoms with Gasteiger partial charge in [0.15, 0.2) is 0 Å². The minimum absolute atomic E-state index is 0.105. The molecule has 0 aliphatic heterocycles. The molecule has 1 aliphatic carbocycles. The summed E-state index contributed by atoms with van der Waals surface area (Å²) in [6.45, 7) is 3.98. The van der Waals surface area contributed by atoms with E-state index in [1.165, 1.54) is 0 Å². The van der Waals surface area contributed by atoms with Gasteiger partial charge in [0.1, 0.15) is 0 Å². The topological polar surface area (TPSA) is 72.2 Å². The molecule has 16 heavy (non-hydrogen) atoms. The molecule has 1 atom stereocenters. The van der Waals surface area contributed by atoms with E-state index in [-0.39, 0.29) is 23.8 Å². The molecule has 0 aromatic rings. The highest BCUT2D eigenvalue weighted by molar-refractivity contribution is 7.89. The van der Waals surface area contributed by atoms with Crippen molar-refractivity contribution in [2.24, 2.45) is 11.7 Å². The second-order valence-corrected chi connectivity index (χ2v) is 6.82. The third kappa shape index (κ3) is 4.80. The van der Waals surface area contributed by atoms with E-state index in [2.05, 4.69) is 4.72 Å². The molecule has 0 aromatic carbocycles. The zero-order valence-electron chi connectivity index (χ0n) is 10.3. The van der Waals surface area contributed by atoms with Gasteiger partial charge in [0.2, 0.25) is 10.0 Å². The van der Waals surface area contributed by atoms with Crippen molar-refractivity contribution in [3.8, 4) is 0 Å². The lowest BCUT2D eigenvalue weighted by Crippen LogP contribution is -2.42. The fraction of sp³-hybridized carbons (Fsp3) is 1.00. The molecule has 0 spiro atoms. The Balaban J connectivity index is 2.40. The summed E-state index contributed by atoms with van der Waals surface area (Å²) in [5, 5.41) is 0. The van der Waals surface area contributed by atoms with E-state index in [4.69, 9.17) is 5.73 Å². The van der Waals surface area contributed by atoms with Crippen LogP contribution in [-0.4, -0.2) is 26.3 Å². The first-order valence-corrected chi connectivity index (χ1v) is 7.83. The molecule has 1 aliphatic rings. The molecule has 0 aromatic heterocycles. The van der Waals surface area contributed by atoms with Crippen LogP contribution < -0.4 is 10.5 Å². The molecular formula is C11H24N2O2S. The number of hydrogen-bond acceptors (Lipinski definition) is 3. The molecule has 0 radical (unpaired) electrons. The van der Waals surface area contributed by atoms with E-state index in [0.29, 0.717) is 0 Å². The molecule has 1 fully saturated rings. The fourth-order valence-electron chi connectivity index (χ4n) is 2.03. The number of nitrogens with one attached hydrogen (secondary N) is 1. The molecule has 1 rings (SSSR count). The molecule has 5 heteroatoms. The van der Waals surface area contributed by atoms with Crippen LogP contribution in [0.25, 0.3) is 0 Å². The summed E-state index contributed by atoms with van der Waals surface area (Å²) in [6.07, 6.45) is 4.51. The number of rotatable bonds is 5. The Morgan fingerprint density at radius 1 is 1.31 bits per heavy atom. The van der Waals surface area contributed by atoms with Gasteiger partial charge >= 0.3 is 0 Å². The molecule has 4 nitrogen and oxygen atoms in total. The van der Waals surface area contributed by atoms with Crippen molar-refractivity contribution < 1.29 is 8.42 Å². The molecule has 1 unspecified atom stereocenters. The molecule has 0 amide bonds. The van der Waals surface area contributed by atoms with Crippen LogP contribution in [0.2, 0.25) is 0 Å². The largest absolute Gasteiger partial charge is 0.328 e. The first kappa shape index (κ1) is 13.9. The van der Waals surface area contributed by atoms with Crippen LogP contribution in [0, 0.1) is 5.92 Å².